The van der Waals surface area contributed by atoms with E-state index < -0.39 is 83.0 Å². The number of nitrogen functional groups attached to an aromatic ring is 1. The summed E-state index contributed by atoms with van der Waals surface area (Å²) in [5.41, 5.74) is 6.07. The van der Waals surface area contributed by atoms with Gasteiger partial charge in [-0.1, -0.05) is 0 Å². The summed E-state index contributed by atoms with van der Waals surface area (Å²) in [4.78, 5) is 35.7. The number of anilines is 1. The number of nitrogens with zero attached hydrogens (tertiary/aromatic N) is 7. The minimum Gasteiger partial charge on any atom is -0.387 e. The molecule has 3 fully saturated rings. The Labute approximate surface area is 252 Å². The molecule has 0 radical (unpaired) electrons. The highest BCUT2D eigenvalue weighted by molar-refractivity contribution is 7.53. The van der Waals surface area contributed by atoms with E-state index in [4.69, 9.17) is 33.3 Å². The van der Waals surface area contributed by atoms with E-state index in [0.717, 1.165) is 0 Å². The molecule has 0 aromatic carbocycles. The number of rotatable bonds is 2. The fourth-order valence-electron chi connectivity index (χ4n) is 5.61. The number of aliphatic hydroxyl groups excluding tert-OH is 2. The molecular weight excluding hydrogens is 640 g/mol. The third-order valence-electron chi connectivity index (χ3n) is 7.68. The van der Waals surface area contributed by atoms with Gasteiger partial charge in [0.15, 0.2) is 35.1 Å². The van der Waals surface area contributed by atoms with Gasteiger partial charge in [0.25, 0.3) is 5.56 Å². The number of aryl methyl sites for hydroxylation is 1. The fraction of sp³-hybridized carbons (Fsp3) is 0.565. The summed E-state index contributed by atoms with van der Waals surface area (Å²) in [7, 11) is -8.01. The van der Waals surface area contributed by atoms with Crippen LogP contribution in [0.15, 0.2) is 23.8 Å². The zero-order valence-electron chi connectivity index (χ0n) is 23.9. The molecule has 10 atom stereocenters. The highest BCUT2D eigenvalue weighted by Crippen LogP contribution is 2.54. The summed E-state index contributed by atoms with van der Waals surface area (Å²) >= 11 is 0. The Morgan fingerprint density at radius 1 is 0.867 bits per heavy atom. The molecule has 7 rings (SSSR count). The maximum atomic E-state index is 13.7. The Bertz CT molecular complexity index is 1930. The number of aromatic nitrogens is 8. The van der Waals surface area contributed by atoms with Crippen molar-refractivity contribution in [3.63, 3.8) is 0 Å². The molecule has 3 aliphatic heterocycles. The first-order chi connectivity index (χ1) is 21.3. The molecular formula is C23H29N9O11P2. The average molecular weight is 669 g/mol. The van der Waals surface area contributed by atoms with E-state index in [0.29, 0.717) is 5.82 Å². The van der Waals surface area contributed by atoms with E-state index in [1.54, 1.807) is 6.92 Å². The Kier molecular flexibility index (Phi) is 7.44. The first-order valence-electron chi connectivity index (χ1n) is 13.7. The van der Waals surface area contributed by atoms with Crippen molar-refractivity contribution in [3.05, 3.63) is 35.2 Å². The van der Waals surface area contributed by atoms with Crippen molar-refractivity contribution < 1.29 is 46.9 Å². The number of ether oxygens (including phenoxy) is 2. The maximum absolute atomic E-state index is 13.7. The minimum absolute atomic E-state index is 0.00582. The van der Waals surface area contributed by atoms with Crippen LogP contribution in [-0.2, 0) is 36.7 Å². The van der Waals surface area contributed by atoms with Crippen LogP contribution in [0.4, 0.5) is 5.82 Å². The first kappa shape index (κ1) is 30.5. The summed E-state index contributed by atoms with van der Waals surface area (Å²) in [5, 5.41) is 22.5. The molecule has 7 heterocycles. The van der Waals surface area contributed by atoms with Crippen LogP contribution in [0, 0.1) is 6.92 Å². The van der Waals surface area contributed by atoms with Crippen molar-refractivity contribution in [1.29, 1.82) is 0 Å². The van der Waals surface area contributed by atoms with Crippen molar-refractivity contribution in [3.8, 4) is 0 Å². The Balaban J connectivity index is 1.21. The van der Waals surface area contributed by atoms with Crippen LogP contribution < -0.4 is 11.3 Å². The summed E-state index contributed by atoms with van der Waals surface area (Å²) in [6.07, 6.45) is -6.39. The van der Waals surface area contributed by atoms with Crippen LogP contribution in [0.5, 0.6) is 0 Å². The van der Waals surface area contributed by atoms with Crippen LogP contribution in [0.3, 0.4) is 0 Å². The van der Waals surface area contributed by atoms with Crippen LogP contribution in [0.25, 0.3) is 22.3 Å². The molecule has 5 N–H and O–H groups in total. The van der Waals surface area contributed by atoms with Gasteiger partial charge in [-0.3, -0.25) is 32.1 Å². The number of hydrogen-bond donors (Lipinski definition) is 4. The van der Waals surface area contributed by atoms with Crippen molar-refractivity contribution in [2.45, 2.75) is 56.0 Å². The highest BCUT2D eigenvalue weighted by Gasteiger charge is 2.52. The molecule has 3 aliphatic rings. The van der Waals surface area contributed by atoms with Crippen molar-refractivity contribution in [2.75, 3.05) is 32.3 Å². The minimum atomic E-state index is -4.03. The molecule has 4 aromatic rings. The average Bonchev–Trinajstić information content (AvgIpc) is 3.72. The lowest BCUT2D eigenvalue weighted by Gasteiger charge is -2.27. The first-order valence-corrected chi connectivity index (χ1v) is 17.6. The van der Waals surface area contributed by atoms with Gasteiger partial charge < -0.3 is 39.5 Å². The topological polar surface area (TPSA) is 263 Å². The second-order valence-corrected chi connectivity index (χ2v) is 15.0. The van der Waals surface area contributed by atoms with E-state index in [9.17, 15) is 24.1 Å². The molecule has 3 saturated heterocycles. The number of aliphatic hydroxyl groups is 2. The van der Waals surface area contributed by atoms with Crippen LogP contribution >= 0.6 is 15.2 Å². The van der Waals surface area contributed by atoms with E-state index >= 15 is 0 Å². The lowest BCUT2D eigenvalue weighted by atomic mass is 10.1. The third-order valence-corrected chi connectivity index (χ3v) is 10.2. The summed E-state index contributed by atoms with van der Waals surface area (Å²) in [5.74, 6) is 0.412. The summed E-state index contributed by atoms with van der Waals surface area (Å²) in [6.45, 7) is 3.03. The number of hydrogen-bond acceptors (Lipinski definition) is 17. The number of imidazole rings is 2. The van der Waals surface area contributed by atoms with Gasteiger partial charge in [-0.25, -0.2) is 24.9 Å². The lowest BCUT2D eigenvalue weighted by Crippen LogP contribution is -2.36. The number of fused-ring (bicyclic) bond motifs is 5. The number of H-pyrrole nitrogens is 1. The Hall–Kier alpha value is -3.16. The molecule has 2 bridgehead atoms. The Morgan fingerprint density at radius 3 is 2.22 bits per heavy atom. The number of nitrogens with one attached hydrogen (secondary N) is 1. The van der Waals surface area contributed by atoms with Gasteiger partial charge in [-0.05, 0) is 6.92 Å². The standard InChI is InChI=1S/C23H29N9O11P2/c1-9-29-20-13(21(35)30-9)28-8-32(20)23-17-14(33)10(40-23)4-38-44(2,36)42-16-11(5-39-45(3,37)43-17)41-22(15(16)34)31-7-27-12-18(24)25-6-26-19(12)31/h6-8,10-11,14-17,22-23,33-34H,4-5H2,1-3H3,(H2,24,25,26)(H,29,30,35)/t10-,11-,14?,15+,16?,17+,22-,23-,44?,45?/m1/s1. The molecule has 0 saturated carbocycles. The summed E-state index contributed by atoms with van der Waals surface area (Å²) in [6, 6.07) is 0. The lowest BCUT2D eigenvalue weighted by molar-refractivity contribution is -0.0592. The van der Waals surface area contributed by atoms with Gasteiger partial charge in [0.1, 0.15) is 54.3 Å². The van der Waals surface area contributed by atoms with Gasteiger partial charge in [-0.15, -0.1) is 0 Å². The monoisotopic (exact) mass is 669 g/mol. The number of aromatic amines is 1. The largest absolute Gasteiger partial charge is 0.387 e. The van der Waals surface area contributed by atoms with E-state index in [1.165, 1.54) is 41.4 Å². The SMILES string of the molecule is Cc1nc2c(ncn2[C@@H]2O[C@@H]3COP(C)(=O)OC4[C@@H](COP(C)(=O)O[C@H]2C3O)O[C@@H](n2cnc3c(N)ncnc32)[C@H]4O)c(=O)[nH]1. The summed E-state index contributed by atoms with van der Waals surface area (Å²) < 4.78 is 65.1. The normalized spacial score (nSPS) is 37.7. The zero-order valence-corrected chi connectivity index (χ0v) is 25.7. The quantitative estimate of drug-likeness (QED) is 0.202. The van der Waals surface area contributed by atoms with Crippen LogP contribution in [-0.4, -0.2) is 112 Å². The molecule has 0 amide bonds. The molecule has 45 heavy (non-hydrogen) atoms. The van der Waals surface area contributed by atoms with Crippen LogP contribution in [0.2, 0.25) is 0 Å². The third kappa shape index (κ3) is 5.40. The van der Waals surface area contributed by atoms with E-state index in [-0.39, 0.29) is 28.1 Å². The number of nitrogens with two attached hydrogens (primary N) is 1. The van der Waals surface area contributed by atoms with E-state index in [1.807, 2.05) is 0 Å². The molecule has 4 unspecified atom stereocenters. The molecule has 0 spiro atoms. The smallest absolute Gasteiger partial charge is 0.328 e. The molecule has 242 valence electrons. The Morgan fingerprint density at radius 2 is 1.49 bits per heavy atom. The van der Waals surface area contributed by atoms with Crippen molar-refractivity contribution >= 4 is 43.3 Å². The molecule has 22 heteroatoms. The maximum Gasteiger partial charge on any atom is 0.328 e. The highest BCUT2D eigenvalue weighted by atomic mass is 31.2. The predicted octanol–water partition coefficient (Wildman–Crippen LogP) is -0.170. The second kappa shape index (κ2) is 11.0. The van der Waals surface area contributed by atoms with E-state index in [2.05, 4.69) is 29.9 Å². The van der Waals surface area contributed by atoms with Gasteiger partial charge >= 0.3 is 15.2 Å². The fourth-order valence-corrected chi connectivity index (χ4v) is 7.94. The molecule has 20 nitrogen and oxygen atoms in total. The van der Waals surface area contributed by atoms with Crippen molar-refractivity contribution in [2.24, 2.45) is 0 Å². The molecule has 4 aromatic heterocycles. The molecule has 0 aliphatic carbocycles. The van der Waals surface area contributed by atoms with Gasteiger partial charge in [-0.2, -0.15) is 0 Å². The van der Waals surface area contributed by atoms with Gasteiger partial charge in [0, 0.05) is 13.3 Å². The zero-order chi connectivity index (χ0) is 31.8. The second-order valence-electron chi connectivity index (χ2n) is 10.9. The van der Waals surface area contributed by atoms with Crippen molar-refractivity contribution in [1.82, 2.24) is 39.0 Å². The van der Waals surface area contributed by atoms with Gasteiger partial charge in [0.05, 0.1) is 25.9 Å². The van der Waals surface area contributed by atoms with Gasteiger partial charge in [0.2, 0.25) is 0 Å². The van der Waals surface area contributed by atoms with Crippen LogP contribution in [0.1, 0.15) is 18.3 Å². The predicted molar refractivity (Wildman–Crippen MR) is 151 cm³/mol.